The first kappa shape index (κ1) is 22.9. The monoisotopic (exact) mass is 417 g/mol. The average molecular weight is 418 g/mol. The average Bonchev–Trinajstić information content (AvgIpc) is 2.99. The van der Waals surface area contributed by atoms with Crippen molar-refractivity contribution in [1.82, 2.24) is 14.8 Å². The molecule has 1 heterocycles. The fraction of sp³-hybridized carbons (Fsp3) is 0.400. The zero-order valence-corrected chi connectivity index (χ0v) is 16.9. The molecule has 0 atom stereocenters. The molecule has 0 saturated heterocycles. The van der Waals surface area contributed by atoms with Gasteiger partial charge in [-0.2, -0.15) is 8.42 Å². The van der Waals surface area contributed by atoms with Crippen molar-refractivity contribution >= 4 is 39.4 Å². The van der Waals surface area contributed by atoms with Gasteiger partial charge in [0.1, 0.15) is 6.33 Å². The van der Waals surface area contributed by atoms with Crippen molar-refractivity contribution in [2.45, 2.75) is 19.0 Å². The fourth-order valence-electron chi connectivity index (χ4n) is 2.07. The van der Waals surface area contributed by atoms with Crippen LogP contribution in [0.5, 0.6) is 0 Å². The normalized spacial score (nSPS) is 10.7. The molecule has 1 amide bonds. The van der Waals surface area contributed by atoms with Gasteiger partial charge in [-0.05, 0) is 38.1 Å². The van der Waals surface area contributed by atoms with Crippen LogP contribution in [0.1, 0.15) is 13.8 Å². The van der Waals surface area contributed by atoms with E-state index in [1.165, 1.54) is 11.8 Å². The number of aryl methyl sites for hydroxylation is 1. The van der Waals surface area contributed by atoms with E-state index in [0.717, 1.165) is 29.6 Å². The number of aromatic nitrogens is 3. The summed E-state index contributed by atoms with van der Waals surface area (Å²) in [7, 11) is -2.81. The first-order chi connectivity index (χ1) is 12.6. The third-order valence-electron chi connectivity index (χ3n) is 3.28. The van der Waals surface area contributed by atoms with Gasteiger partial charge in [0.05, 0.1) is 5.75 Å². The molecule has 2 aromatic rings. The maximum absolute atomic E-state index is 12.0. The van der Waals surface area contributed by atoms with Crippen LogP contribution in [-0.2, 0) is 22.2 Å². The number of rotatable bonds is 7. The Labute approximate surface area is 162 Å². The minimum atomic E-state index is -4.67. The Kier molecular flexibility index (Phi) is 9.21. The summed E-state index contributed by atoms with van der Waals surface area (Å²) in [6, 6.07) is 7.91. The number of benzene rings is 1. The highest BCUT2D eigenvalue weighted by atomic mass is 32.3. The van der Waals surface area contributed by atoms with Crippen molar-refractivity contribution in [3.8, 4) is 0 Å². The Balaban J connectivity index is 0.000000646. The van der Waals surface area contributed by atoms with Crippen LogP contribution >= 0.6 is 11.8 Å². The number of thioether (sulfide) groups is 1. The molecule has 0 aliphatic heterocycles. The van der Waals surface area contributed by atoms with E-state index in [1.807, 2.05) is 31.3 Å². The molecule has 2 rings (SSSR count). The van der Waals surface area contributed by atoms with Crippen LogP contribution in [0.25, 0.3) is 0 Å². The van der Waals surface area contributed by atoms with Crippen molar-refractivity contribution in [1.29, 1.82) is 0 Å². The number of nitrogens with zero attached hydrogens (tertiary/aromatic N) is 4. The molecule has 12 heteroatoms. The summed E-state index contributed by atoms with van der Waals surface area (Å²) in [6.07, 6.45) is 1.62. The predicted octanol–water partition coefficient (Wildman–Crippen LogP) is 1.74. The second kappa shape index (κ2) is 10.9. The van der Waals surface area contributed by atoms with Gasteiger partial charge in [-0.15, -0.1) is 10.2 Å². The molecule has 10 nitrogen and oxygen atoms in total. The molecule has 0 fully saturated rings. The van der Waals surface area contributed by atoms with Gasteiger partial charge in [0, 0.05) is 31.5 Å². The highest BCUT2D eigenvalue weighted by molar-refractivity contribution is 7.99. The molecule has 0 spiro atoms. The minimum absolute atomic E-state index is 0.0522. The molecule has 0 bridgehead atoms. The van der Waals surface area contributed by atoms with Gasteiger partial charge < -0.3 is 14.8 Å². The van der Waals surface area contributed by atoms with Gasteiger partial charge in [0.25, 0.3) is 0 Å². The largest absolute Gasteiger partial charge is 0.394 e. The maximum Gasteiger partial charge on any atom is 0.394 e. The van der Waals surface area contributed by atoms with E-state index >= 15 is 0 Å². The van der Waals surface area contributed by atoms with Gasteiger partial charge in [-0.3, -0.25) is 13.9 Å². The minimum Gasteiger partial charge on any atom is -0.372 e. The van der Waals surface area contributed by atoms with Crippen LogP contribution in [0, 0.1) is 0 Å². The fourth-order valence-corrected chi connectivity index (χ4v) is 2.76. The van der Waals surface area contributed by atoms with Crippen molar-refractivity contribution in [2.24, 2.45) is 7.05 Å². The number of anilines is 2. The summed E-state index contributed by atoms with van der Waals surface area (Å²) in [6.45, 7) is 6.19. The van der Waals surface area contributed by atoms with E-state index in [9.17, 15) is 4.79 Å². The Morgan fingerprint density at radius 2 is 1.78 bits per heavy atom. The van der Waals surface area contributed by atoms with E-state index < -0.39 is 10.4 Å². The molecule has 0 unspecified atom stereocenters. The van der Waals surface area contributed by atoms with Crippen LogP contribution in [0.15, 0.2) is 35.7 Å². The molecule has 27 heavy (non-hydrogen) atoms. The van der Waals surface area contributed by atoms with E-state index in [-0.39, 0.29) is 5.91 Å². The Morgan fingerprint density at radius 3 is 2.22 bits per heavy atom. The number of carbonyl (C=O) groups is 1. The van der Waals surface area contributed by atoms with Gasteiger partial charge in [0.15, 0.2) is 5.16 Å². The molecule has 0 radical (unpaired) electrons. The Morgan fingerprint density at radius 1 is 1.22 bits per heavy atom. The van der Waals surface area contributed by atoms with Crippen molar-refractivity contribution in [3.05, 3.63) is 30.6 Å². The van der Waals surface area contributed by atoms with Gasteiger partial charge in [0.2, 0.25) is 5.91 Å². The second-order valence-electron chi connectivity index (χ2n) is 5.23. The number of nitrogens with one attached hydrogen (secondary N) is 1. The number of amides is 1. The van der Waals surface area contributed by atoms with E-state index in [0.29, 0.717) is 5.75 Å². The quantitative estimate of drug-likeness (QED) is 0.454. The molecular weight excluding hydrogens is 394 g/mol. The first-order valence-corrected chi connectivity index (χ1v) is 10.3. The molecular formula is C15H23N5O5S2. The Bertz CT molecular complexity index is 811. The topological polar surface area (TPSA) is 138 Å². The van der Waals surface area contributed by atoms with E-state index in [4.69, 9.17) is 17.5 Å². The Hall–Kier alpha value is -2.15. The summed E-state index contributed by atoms with van der Waals surface area (Å²) in [5.41, 5.74) is 1.97. The number of hydrogen-bond acceptors (Lipinski definition) is 7. The number of hydrogen-bond donors (Lipinski definition) is 3. The first-order valence-electron chi connectivity index (χ1n) is 7.95. The van der Waals surface area contributed by atoms with Crippen LogP contribution < -0.4 is 10.2 Å². The molecule has 3 N–H and O–H groups in total. The SMILES string of the molecule is CCN(CC)c1ccc(NC(=O)CSc2nncn2C)cc1.O=S(=O)(O)O. The van der Waals surface area contributed by atoms with Crippen molar-refractivity contribution in [2.75, 3.05) is 29.1 Å². The zero-order valence-electron chi connectivity index (χ0n) is 15.2. The molecule has 1 aromatic carbocycles. The lowest BCUT2D eigenvalue weighted by Gasteiger charge is -2.21. The van der Waals surface area contributed by atoms with Gasteiger partial charge >= 0.3 is 10.4 Å². The predicted molar refractivity (Wildman–Crippen MR) is 105 cm³/mol. The molecule has 0 aliphatic carbocycles. The smallest absolute Gasteiger partial charge is 0.372 e. The highest BCUT2D eigenvalue weighted by Crippen LogP contribution is 2.18. The summed E-state index contributed by atoms with van der Waals surface area (Å²) in [5.74, 6) is 0.258. The van der Waals surface area contributed by atoms with Crippen LogP contribution in [-0.4, -0.2) is 57.0 Å². The summed E-state index contributed by atoms with van der Waals surface area (Å²) in [5, 5.41) is 11.3. The summed E-state index contributed by atoms with van der Waals surface area (Å²) in [4.78, 5) is 14.2. The van der Waals surface area contributed by atoms with E-state index in [2.05, 4.69) is 34.3 Å². The maximum atomic E-state index is 12.0. The van der Waals surface area contributed by atoms with E-state index in [1.54, 1.807) is 10.9 Å². The van der Waals surface area contributed by atoms with Crippen LogP contribution in [0.3, 0.4) is 0 Å². The third-order valence-corrected chi connectivity index (χ3v) is 4.32. The lowest BCUT2D eigenvalue weighted by Crippen LogP contribution is -2.21. The molecule has 0 aliphatic rings. The molecule has 0 saturated carbocycles. The summed E-state index contributed by atoms with van der Waals surface area (Å²) < 4.78 is 33.4. The molecule has 1 aromatic heterocycles. The highest BCUT2D eigenvalue weighted by Gasteiger charge is 2.08. The zero-order chi connectivity index (χ0) is 20.4. The van der Waals surface area contributed by atoms with Crippen LogP contribution in [0.2, 0.25) is 0 Å². The summed E-state index contributed by atoms with van der Waals surface area (Å²) >= 11 is 1.37. The third kappa shape index (κ3) is 9.38. The standard InChI is InChI=1S/C15H21N5OS.H2O4S/c1-4-20(5-2)13-8-6-12(7-9-13)17-14(21)10-22-15-18-16-11-19(15)3;1-5(2,3)4/h6-9,11H,4-5,10H2,1-3H3,(H,17,21);(H2,1,2,3,4). The lowest BCUT2D eigenvalue weighted by molar-refractivity contribution is -0.113. The second-order valence-corrected chi connectivity index (χ2v) is 7.07. The number of carbonyl (C=O) groups excluding carboxylic acids is 1. The van der Waals surface area contributed by atoms with Crippen molar-refractivity contribution in [3.63, 3.8) is 0 Å². The van der Waals surface area contributed by atoms with Gasteiger partial charge in [-0.1, -0.05) is 11.8 Å². The van der Waals surface area contributed by atoms with Crippen LogP contribution in [0.4, 0.5) is 11.4 Å². The van der Waals surface area contributed by atoms with Gasteiger partial charge in [-0.25, -0.2) is 0 Å². The van der Waals surface area contributed by atoms with Crippen molar-refractivity contribution < 1.29 is 22.3 Å². The molecule has 150 valence electrons. The lowest BCUT2D eigenvalue weighted by atomic mass is 10.2.